The third-order valence-corrected chi connectivity index (χ3v) is 4.74. The van der Waals surface area contributed by atoms with Gasteiger partial charge in [-0.25, -0.2) is 4.68 Å². The number of benzene rings is 1. The first kappa shape index (κ1) is 15.6. The highest BCUT2D eigenvalue weighted by Crippen LogP contribution is 2.38. The number of amides is 1. The molecule has 2 aliphatic rings. The summed E-state index contributed by atoms with van der Waals surface area (Å²) in [4.78, 5) is 38.3. The van der Waals surface area contributed by atoms with Gasteiger partial charge in [-0.05, 0) is 18.2 Å². The summed E-state index contributed by atoms with van der Waals surface area (Å²) in [5, 5.41) is 3.91. The number of ether oxygens (including phenoxy) is 1. The van der Waals surface area contributed by atoms with Crippen LogP contribution >= 0.6 is 0 Å². The number of Topliss-reactive ketones (excluding diaryl/α,β-unsaturated/α-hetero) is 1. The van der Waals surface area contributed by atoms with Crippen LogP contribution in [0.3, 0.4) is 0 Å². The molecule has 1 aromatic heterocycles. The van der Waals surface area contributed by atoms with E-state index in [-0.39, 0.29) is 30.2 Å². The van der Waals surface area contributed by atoms with Crippen LogP contribution in [0.4, 0.5) is 0 Å². The second kappa shape index (κ2) is 5.84. The molecule has 3 heterocycles. The normalized spacial score (nSPS) is 21.9. The van der Waals surface area contributed by atoms with E-state index >= 15 is 0 Å². The molecule has 0 N–H and O–H groups in total. The molecule has 1 saturated heterocycles. The van der Waals surface area contributed by atoms with Crippen LogP contribution in [0.5, 0.6) is 5.75 Å². The van der Waals surface area contributed by atoms with E-state index < -0.39 is 5.60 Å². The van der Waals surface area contributed by atoms with Crippen LogP contribution in [0.1, 0.15) is 23.2 Å². The molecular formula is C18H17N3O4. The molecule has 128 valence electrons. The van der Waals surface area contributed by atoms with E-state index in [0.29, 0.717) is 30.8 Å². The second-order valence-electron chi connectivity index (χ2n) is 6.47. The fourth-order valence-corrected chi connectivity index (χ4v) is 3.46. The highest BCUT2D eigenvalue weighted by molar-refractivity contribution is 6.00. The zero-order valence-electron chi connectivity index (χ0n) is 13.6. The molecule has 1 amide bonds. The lowest BCUT2D eigenvalue weighted by molar-refractivity contribution is -0.131. The molecule has 0 bridgehead atoms. The minimum atomic E-state index is -0.670. The molecule has 0 radical (unpaired) electrons. The van der Waals surface area contributed by atoms with Crippen LogP contribution in [-0.2, 0) is 11.3 Å². The Bertz CT molecular complexity index is 907. The third kappa shape index (κ3) is 2.82. The van der Waals surface area contributed by atoms with Crippen molar-refractivity contribution in [3.63, 3.8) is 0 Å². The zero-order valence-corrected chi connectivity index (χ0v) is 13.6. The van der Waals surface area contributed by atoms with E-state index in [1.165, 1.54) is 18.3 Å². The van der Waals surface area contributed by atoms with E-state index in [9.17, 15) is 14.4 Å². The maximum absolute atomic E-state index is 12.5. The number of nitrogens with zero attached hydrogens (tertiary/aromatic N) is 3. The van der Waals surface area contributed by atoms with Crippen molar-refractivity contribution >= 4 is 11.7 Å². The summed E-state index contributed by atoms with van der Waals surface area (Å²) in [6.45, 7) is 0.726. The number of hydrogen-bond acceptors (Lipinski definition) is 5. The highest BCUT2D eigenvalue weighted by atomic mass is 16.5. The summed E-state index contributed by atoms with van der Waals surface area (Å²) >= 11 is 0. The molecule has 25 heavy (non-hydrogen) atoms. The number of aromatic nitrogens is 2. The topological polar surface area (TPSA) is 81.5 Å². The van der Waals surface area contributed by atoms with Crippen LogP contribution in [0.25, 0.3) is 0 Å². The number of carbonyl (C=O) groups excluding carboxylic acids is 2. The van der Waals surface area contributed by atoms with Gasteiger partial charge in [0.05, 0.1) is 18.5 Å². The number of para-hydroxylation sites is 1. The zero-order chi connectivity index (χ0) is 17.4. The SMILES string of the molecule is O=C1CC2(CCN(C(=O)Cn3ncccc3=O)C2)Oc2ccccc21. The van der Waals surface area contributed by atoms with Gasteiger partial charge < -0.3 is 9.64 Å². The number of ketones is 1. The number of likely N-dealkylation sites (tertiary alicyclic amines) is 1. The molecule has 1 spiro atoms. The first-order valence-electron chi connectivity index (χ1n) is 8.18. The third-order valence-electron chi connectivity index (χ3n) is 4.74. The van der Waals surface area contributed by atoms with Gasteiger partial charge >= 0.3 is 0 Å². The summed E-state index contributed by atoms with van der Waals surface area (Å²) in [6, 6.07) is 10.1. The fourth-order valence-electron chi connectivity index (χ4n) is 3.46. The van der Waals surface area contributed by atoms with Gasteiger partial charge in [-0.1, -0.05) is 12.1 Å². The lowest BCUT2D eigenvalue weighted by Gasteiger charge is -2.34. The lowest BCUT2D eigenvalue weighted by atomic mass is 9.89. The van der Waals surface area contributed by atoms with Gasteiger partial charge in [0, 0.05) is 25.2 Å². The molecule has 1 atom stereocenters. The monoisotopic (exact) mass is 339 g/mol. The first-order chi connectivity index (χ1) is 12.1. The fraction of sp³-hybridized carbons (Fsp3) is 0.333. The predicted molar refractivity (Wildman–Crippen MR) is 88.4 cm³/mol. The Labute approximate surface area is 143 Å². The van der Waals surface area contributed by atoms with Crippen molar-refractivity contribution in [2.24, 2.45) is 0 Å². The smallest absolute Gasteiger partial charge is 0.267 e. The summed E-state index contributed by atoms with van der Waals surface area (Å²) in [5.41, 5.74) is -0.392. The molecule has 7 nitrogen and oxygen atoms in total. The van der Waals surface area contributed by atoms with Gasteiger partial charge in [0.1, 0.15) is 17.9 Å². The van der Waals surface area contributed by atoms with Crippen molar-refractivity contribution < 1.29 is 14.3 Å². The first-order valence-corrected chi connectivity index (χ1v) is 8.18. The Kier molecular flexibility index (Phi) is 3.63. The summed E-state index contributed by atoms with van der Waals surface area (Å²) in [5.74, 6) is 0.415. The van der Waals surface area contributed by atoms with Gasteiger partial charge in [-0.15, -0.1) is 0 Å². The van der Waals surface area contributed by atoms with Crippen molar-refractivity contribution in [3.8, 4) is 5.75 Å². The molecule has 0 saturated carbocycles. The maximum atomic E-state index is 12.5. The molecule has 2 aromatic rings. The van der Waals surface area contributed by atoms with Crippen LogP contribution < -0.4 is 10.3 Å². The quantitative estimate of drug-likeness (QED) is 0.811. The van der Waals surface area contributed by atoms with Crippen molar-refractivity contribution in [1.29, 1.82) is 0 Å². The van der Waals surface area contributed by atoms with Gasteiger partial charge in [0.2, 0.25) is 5.91 Å². The van der Waals surface area contributed by atoms with Gasteiger partial charge in [0.25, 0.3) is 5.56 Å². The average molecular weight is 339 g/mol. The Morgan fingerprint density at radius 3 is 2.88 bits per heavy atom. The summed E-state index contributed by atoms with van der Waals surface area (Å²) in [7, 11) is 0. The van der Waals surface area contributed by atoms with Crippen molar-refractivity contribution in [2.45, 2.75) is 25.0 Å². The Balaban J connectivity index is 1.50. The van der Waals surface area contributed by atoms with E-state index in [0.717, 1.165) is 4.68 Å². The minimum absolute atomic E-state index is 0.0390. The molecular weight excluding hydrogens is 322 g/mol. The van der Waals surface area contributed by atoms with Gasteiger partial charge in [-0.2, -0.15) is 5.10 Å². The largest absolute Gasteiger partial charge is 0.484 e. The Morgan fingerprint density at radius 1 is 1.20 bits per heavy atom. The highest BCUT2D eigenvalue weighted by Gasteiger charge is 2.46. The molecule has 1 aromatic carbocycles. The molecule has 7 heteroatoms. The Morgan fingerprint density at radius 2 is 2.04 bits per heavy atom. The molecule has 2 aliphatic heterocycles. The summed E-state index contributed by atoms with van der Waals surface area (Å²) in [6.07, 6.45) is 2.33. The molecule has 4 rings (SSSR count). The predicted octanol–water partition coefficient (Wildman–Crippen LogP) is 0.880. The number of fused-ring (bicyclic) bond motifs is 1. The van der Waals surface area contributed by atoms with Crippen LogP contribution in [-0.4, -0.2) is 45.1 Å². The number of rotatable bonds is 2. The van der Waals surface area contributed by atoms with Crippen LogP contribution in [0, 0.1) is 0 Å². The molecule has 0 aliphatic carbocycles. The Hall–Kier alpha value is -2.96. The van der Waals surface area contributed by atoms with Crippen LogP contribution in [0.2, 0.25) is 0 Å². The number of hydrogen-bond donors (Lipinski definition) is 0. The van der Waals surface area contributed by atoms with Gasteiger partial charge in [-0.3, -0.25) is 14.4 Å². The molecule has 1 unspecified atom stereocenters. The van der Waals surface area contributed by atoms with Gasteiger partial charge in [0.15, 0.2) is 5.78 Å². The van der Waals surface area contributed by atoms with E-state index in [1.54, 1.807) is 17.0 Å². The lowest BCUT2D eigenvalue weighted by Crippen LogP contribution is -2.46. The minimum Gasteiger partial charge on any atom is -0.484 e. The summed E-state index contributed by atoms with van der Waals surface area (Å²) < 4.78 is 7.24. The second-order valence-corrected chi connectivity index (χ2v) is 6.47. The van der Waals surface area contributed by atoms with E-state index in [4.69, 9.17) is 4.74 Å². The van der Waals surface area contributed by atoms with Crippen molar-refractivity contribution in [2.75, 3.05) is 13.1 Å². The average Bonchev–Trinajstić information content (AvgIpc) is 3.00. The maximum Gasteiger partial charge on any atom is 0.267 e. The van der Waals surface area contributed by atoms with E-state index in [2.05, 4.69) is 5.10 Å². The standard InChI is InChI=1S/C18H17N3O4/c22-14-10-18(25-15-5-2-1-4-13(14)15)7-9-20(12-18)17(24)11-21-16(23)6-3-8-19-21/h1-6,8H,7,9-12H2. The molecule has 1 fully saturated rings. The van der Waals surface area contributed by atoms with E-state index in [1.807, 2.05) is 12.1 Å². The van der Waals surface area contributed by atoms with Crippen LogP contribution in [0.15, 0.2) is 47.4 Å². The van der Waals surface area contributed by atoms with Crippen molar-refractivity contribution in [1.82, 2.24) is 14.7 Å². The van der Waals surface area contributed by atoms with Crippen molar-refractivity contribution in [3.05, 3.63) is 58.5 Å². The number of carbonyl (C=O) groups is 2.